The third-order valence-electron chi connectivity index (χ3n) is 3.63. The molecule has 0 fully saturated rings. The van der Waals surface area contributed by atoms with Gasteiger partial charge in [-0.25, -0.2) is 18.0 Å². The third-order valence-corrected chi connectivity index (χ3v) is 4.99. The fourth-order valence-electron chi connectivity index (χ4n) is 2.20. The highest BCUT2D eigenvalue weighted by molar-refractivity contribution is 7.92. The van der Waals surface area contributed by atoms with Crippen molar-refractivity contribution in [2.75, 3.05) is 30.7 Å². The van der Waals surface area contributed by atoms with E-state index in [9.17, 15) is 18.0 Å². The largest absolute Gasteiger partial charge is 0.482 e. The van der Waals surface area contributed by atoms with Gasteiger partial charge in [-0.2, -0.15) is 0 Å². The van der Waals surface area contributed by atoms with Gasteiger partial charge in [0.1, 0.15) is 5.75 Å². The predicted octanol–water partition coefficient (Wildman–Crippen LogP) is 2.35. The van der Waals surface area contributed by atoms with Gasteiger partial charge in [0.2, 0.25) is 0 Å². The van der Waals surface area contributed by atoms with Crippen molar-refractivity contribution in [2.24, 2.45) is 0 Å². The second-order valence-electron chi connectivity index (χ2n) is 6.09. The summed E-state index contributed by atoms with van der Waals surface area (Å²) in [6.07, 6.45) is 0. The van der Waals surface area contributed by atoms with Crippen LogP contribution in [0.5, 0.6) is 5.75 Å². The van der Waals surface area contributed by atoms with Gasteiger partial charge in [-0.3, -0.25) is 4.72 Å². The standard InChI is InChI=1S/C18H21N3O6S/c1-12-10-13(8-9-16(12)27-11-17(22)23)28(25,26)20-15-7-5-4-6-14(15)19-18(24)21(2)3/h4-10,20H,11H2,1-3H3,(H,19,24)(H,22,23). The lowest BCUT2D eigenvalue weighted by molar-refractivity contribution is -0.139. The Bertz CT molecular complexity index is 989. The zero-order valence-electron chi connectivity index (χ0n) is 15.6. The van der Waals surface area contributed by atoms with Crippen molar-refractivity contribution in [3.8, 4) is 5.75 Å². The van der Waals surface area contributed by atoms with Crippen molar-refractivity contribution in [2.45, 2.75) is 11.8 Å². The molecule has 9 nitrogen and oxygen atoms in total. The van der Waals surface area contributed by atoms with Gasteiger partial charge in [0.25, 0.3) is 10.0 Å². The van der Waals surface area contributed by atoms with E-state index in [1.807, 2.05) is 0 Å². The fourth-order valence-corrected chi connectivity index (χ4v) is 3.37. The number of aliphatic carboxylic acids is 1. The first-order chi connectivity index (χ1) is 13.1. The lowest BCUT2D eigenvalue weighted by Gasteiger charge is -2.16. The van der Waals surface area contributed by atoms with Crippen LogP contribution in [0.4, 0.5) is 16.2 Å². The first-order valence-corrected chi connectivity index (χ1v) is 9.64. The third kappa shape index (κ3) is 5.36. The SMILES string of the molecule is Cc1cc(S(=O)(=O)Nc2ccccc2NC(=O)N(C)C)ccc1OCC(=O)O. The molecule has 0 bridgehead atoms. The second-order valence-corrected chi connectivity index (χ2v) is 7.77. The van der Waals surface area contributed by atoms with Gasteiger partial charge < -0.3 is 20.1 Å². The van der Waals surface area contributed by atoms with Crippen molar-refractivity contribution in [3.05, 3.63) is 48.0 Å². The second kappa shape index (κ2) is 8.61. The summed E-state index contributed by atoms with van der Waals surface area (Å²) in [5.74, 6) is -0.853. The fraction of sp³-hybridized carbons (Fsp3) is 0.222. The molecule has 0 aliphatic carbocycles. The highest BCUT2D eigenvalue weighted by atomic mass is 32.2. The molecule has 0 aliphatic heterocycles. The van der Waals surface area contributed by atoms with Crippen molar-refractivity contribution in [3.63, 3.8) is 0 Å². The van der Waals surface area contributed by atoms with E-state index in [2.05, 4.69) is 10.0 Å². The molecular formula is C18H21N3O6S. The van der Waals surface area contributed by atoms with Crippen LogP contribution in [0.2, 0.25) is 0 Å². The van der Waals surface area contributed by atoms with E-state index >= 15 is 0 Å². The van der Waals surface area contributed by atoms with Gasteiger partial charge in [-0.15, -0.1) is 0 Å². The molecular weight excluding hydrogens is 386 g/mol. The number of hydrogen-bond donors (Lipinski definition) is 3. The molecule has 150 valence electrons. The molecule has 0 aromatic heterocycles. The number of aryl methyl sites for hydroxylation is 1. The molecule has 28 heavy (non-hydrogen) atoms. The monoisotopic (exact) mass is 407 g/mol. The molecule has 0 atom stereocenters. The number of urea groups is 1. The van der Waals surface area contributed by atoms with Crippen molar-refractivity contribution in [1.82, 2.24) is 4.90 Å². The van der Waals surface area contributed by atoms with E-state index in [0.29, 0.717) is 11.3 Å². The quantitative estimate of drug-likeness (QED) is 0.647. The van der Waals surface area contributed by atoms with Crippen LogP contribution in [0.15, 0.2) is 47.4 Å². The van der Waals surface area contributed by atoms with Crippen molar-refractivity contribution < 1.29 is 27.9 Å². The summed E-state index contributed by atoms with van der Waals surface area (Å²) in [4.78, 5) is 23.8. The zero-order valence-corrected chi connectivity index (χ0v) is 16.4. The molecule has 0 saturated carbocycles. The van der Waals surface area contributed by atoms with Gasteiger partial charge in [0.15, 0.2) is 6.61 Å². The summed E-state index contributed by atoms with van der Waals surface area (Å²) in [5, 5.41) is 11.3. The molecule has 2 aromatic carbocycles. The Balaban J connectivity index is 2.26. The average molecular weight is 407 g/mol. The Morgan fingerprint density at radius 1 is 1.11 bits per heavy atom. The molecule has 3 N–H and O–H groups in total. The number of nitrogens with one attached hydrogen (secondary N) is 2. The number of hydrogen-bond acceptors (Lipinski definition) is 5. The number of carboxylic acids is 1. The normalized spacial score (nSPS) is 10.8. The number of amides is 2. The van der Waals surface area contributed by atoms with Crippen LogP contribution in [0.1, 0.15) is 5.56 Å². The van der Waals surface area contributed by atoms with E-state index in [1.54, 1.807) is 39.2 Å². The van der Waals surface area contributed by atoms with Crippen LogP contribution in [-0.4, -0.2) is 51.1 Å². The van der Waals surface area contributed by atoms with Crippen LogP contribution in [0.3, 0.4) is 0 Å². The summed E-state index contributed by atoms with van der Waals surface area (Å²) < 4.78 is 33.0. The molecule has 2 aromatic rings. The summed E-state index contributed by atoms with van der Waals surface area (Å²) in [7, 11) is -0.813. The van der Waals surface area contributed by atoms with E-state index in [1.165, 1.54) is 29.2 Å². The minimum absolute atomic E-state index is 0.0265. The van der Waals surface area contributed by atoms with Gasteiger partial charge in [0.05, 0.1) is 16.3 Å². The van der Waals surface area contributed by atoms with E-state index in [4.69, 9.17) is 9.84 Å². The highest BCUT2D eigenvalue weighted by Gasteiger charge is 2.18. The molecule has 2 amide bonds. The first kappa shape index (κ1) is 21.0. The molecule has 0 heterocycles. The van der Waals surface area contributed by atoms with Crippen molar-refractivity contribution >= 4 is 33.4 Å². The summed E-state index contributed by atoms with van der Waals surface area (Å²) in [5.41, 5.74) is 0.989. The van der Waals surface area contributed by atoms with E-state index in [-0.39, 0.29) is 16.3 Å². The number of anilines is 2. The summed E-state index contributed by atoms with van der Waals surface area (Å²) >= 11 is 0. The highest BCUT2D eigenvalue weighted by Crippen LogP contribution is 2.27. The van der Waals surface area contributed by atoms with Gasteiger partial charge in [-0.05, 0) is 42.8 Å². The van der Waals surface area contributed by atoms with Crippen LogP contribution >= 0.6 is 0 Å². The molecule has 0 saturated heterocycles. The Morgan fingerprint density at radius 3 is 2.32 bits per heavy atom. The molecule has 10 heteroatoms. The molecule has 2 rings (SSSR count). The van der Waals surface area contributed by atoms with Gasteiger partial charge in [-0.1, -0.05) is 12.1 Å². The molecule has 0 spiro atoms. The number of benzene rings is 2. The van der Waals surface area contributed by atoms with Crippen LogP contribution < -0.4 is 14.8 Å². The zero-order chi connectivity index (χ0) is 20.9. The topological polar surface area (TPSA) is 125 Å². The maximum absolute atomic E-state index is 12.7. The van der Waals surface area contributed by atoms with E-state index < -0.39 is 28.6 Å². The number of carboxylic acid groups (broad SMARTS) is 1. The average Bonchev–Trinajstić information content (AvgIpc) is 2.61. The van der Waals surface area contributed by atoms with Crippen molar-refractivity contribution in [1.29, 1.82) is 0 Å². The van der Waals surface area contributed by atoms with E-state index in [0.717, 1.165) is 0 Å². The molecule has 0 aliphatic rings. The van der Waals surface area contributed by atoms with Crippen LogP contribution in [0.25, 0.3) is 0 Å². The number of ether oxygens (including phenoxy) is 1. The van der Waals surface area contributed by atoms with Gasteiger partial charge >= 0.3 is 12.0 Å². The predicted molar refractivity (Wildman–Crippen MR) is 104 cm³/mol. The number of rotatable bonds is 7. The number of sulfonamides is 1. The molecule has 0 unspecified atom stereocenters. The summed E-state index contributed by atoms with van der Waals surface area (Å²) in [6, 6.07) is 10.1. The number of nitrogens with zero attached hydrogens (tertiary/aromatic N) is 1. The lowest BCUT2D eigenvalue weighted by Crippen LogP contribution is -2.28. The number of carbonyl (C=O) groups is 2. The minimum atomic E-state index is -3.95. The van der Waals surface area contributed by atoms with Crippen LogP contribution in [-0.2, 0) is 14.8 Å². The first-order valence-electron chi connectivity index (χ1n) is 8.15. The Hall–Kier alpha value is -3.27. The maximum Gasteiger partial charge on any atom is 0.341 e. The maximum atomic E-state index is 12.7. The smallest absolute Gasteiger partial charge is 0.341 e. The van der Waals surface area contributed by atoms with Crippen LogP contribution in [0, 0.1) is 6.92 Å². The Morgan fingerprint density at radius 2 is 1.75 bits per heavy atom. The minimum Gasteiger partial charge on any atom is -0.482 e. The van der Waals surface area contributed by atoms with Gasteiger partial charge in [0, 0.05) is 14.1 Å². The molecule has 0 radical (unpaired) electrons. The Labute approximate surface area is 163 Å². The number of para-hydroxylation sites is 2. The lowest BCUT2D eigenvalue weighted by atomic mass is 10.2. The summed E-state index contributed by atoms with van der Waals surface area (Å²) in [6.45, 7) is 1.09. The Kier molecular flexibility index (Phi) is 6.47. The number of carbonyl (C=O) groups excluding carboxylic acids is 1.